The Bertz CT molecular complexity index is 1260. The number of hydrogen-bond acceptors (Lipinski definition) is 4. The van der Waals surface area contributed by atoms with Gasteiger partial charge in [-0.1, -0.05) is 46.9 Å². The number of ether oxygens (including phenoxy) is 1. The third kappa shape index (κ3) is 5.63. The van der Waals surface area contributed by atoms with E-state index in [9.17, 15) is 4.79 Å². The number of carbonyl (C=O) groups excluding carboxylic acids is 1. The largest absolute Gasteiger partial charge is 0.470 e. The molecule has 0 spiro atoms. The van der Waals surface area contributed by atoms with Crippen molar-refractivity contribution in [3.63, 3.8) is 0 Å². The Balaban J connectivity index is 1.37. The minimum Gasteiger partial charge on any atom is -0.470 e. The van der Waals surface area contributed by atoms with Crippen LogP contribution in [0.15, 0.2) is 65.4 Å². The zero-order valence-corrected chi connectivity index (χ0v) is 20.2. The van der Waals surface area contributed by atoms with Crippen molar-refractivity contribution in [1.82, 2.24) is 19.6 Å². The van der Waals surface area contributed by atoms with E-state index in [0.29, 0.717) is 37.7 Å². The number of benzene rings is 2. The van der Waals surface area contributed by atoms with Gasteiger partial charge in [-0.2, -0.15) is 10.2 Å². The monoisotopic (exact) mass is 553 g/mol. The summed E-state index contributed by atoms with van der Waals surface area (Å²) in [4.78, 5) is 12.6. The van der Waals surface area contributed by atoms with Crippen molar-refractivity contribution in [2.24, 2.45) is 0 Å². The summed E-state index contributed by atoms with van der Waals surface area (Å²) in [5.41, 5.74) is 1.25. The molecule has 4 aromatic rings. The fourth-order valence-electron chi connectivity index (χ4n) is 2.79. The molecule has 0 aliphatic heterocycles. The van der Waals surface area contributed by atoms with Crippen LogP contribution in [0.4, 0.5) is 5.82 Å². The van der Waals surface area contributed by atoms with Crippen molar-refractivity contribution in [3.8, 4) is 5.75 Å². The maximum absolute atomic E-state index is 12.6. The number of aromatic nitrogens is 4. The lowest BCUT2D eigenvalue weighted by molar-refractivity contribution is 0.101. The molecule has 0 radical (unpaired) electrons. The van der Waals surface area contributed by atoms with Crippen molar-refractivity contribution in [2.75, 3.05) is 5.32 Å². The van der Waals surface area contributed by atoms with E-state index in [-0.39, 0.29) is 12.4 Å². The predicted octanol–water partition coefficient (Wildman–Crippen LogP) is 6.14. The first-order valence-electron chi connectivity index (χ1n) is 9.27. The molecule has 2 heterocycles. The molecule has 32 heavy (non-hydrogen) atoms. The van der Waals surface area contributed by atoms with E-state index in [1.165, 1.54) is 4.68 Å². The quantitative estimate of drug-likeness (QED) is 0.297. The molecule has 1 N–H and O–H groups in total. The van der Waals surface area contributed by atoms with E-state index in [4.69, 9.17) is 39.5 Å². The van der Waals surface area contributed by atoms with E-state index in [0.717, 1.165) is 5.56 Å². The number of carbonyl (C=O) groups is 1. The Labute approximate surface area is 207 Å². The van der Waals surface area contributed by atoms with E-state index in [1.807, 2.05) is 24.3 Å². The average Bonchev–Trinajstić information content (AvgIpc) is 3.36. The highest BCUT2D eigenvalue weighted by Crippen LogP contribution is 2.27. The van der Waals surface area contributed by atoms with Gasteiger partial charge < -0.3 is 10.1 Å². The highest BCUT2D eigenvalue weighted by Gasteiger charge is 2.15. The standard InChI is InChI=1S/C21H15BrCl3N5O2/c22-16-11-30(10-13-1-3-14(23)4-2-13)28-20(16)26-21(31)18-7-8-29(27-18)12-32-19-6-5-15(24)9-17(19)25/h1-9,11H,10,12H2,(H,26,28,31). The van der Waals surface area contributed by atoms with Crippen LogP contribution in [-0.4, -0.2) is 25.5 Å². The van der Waals surface area contributed by atoms with Gasteiger partial charge in [-0.15, -0.1) is 0 Å². The van der Waals surface area contributed by atoms with Gasteiger partial charge in [0.25, 0.3) is 5.91 Å². The first-order valence-corrected chi connectivity index (χ1v) is 11.2. The molecule has 4 rings (SSSR count). The van der Waals surface area contributed by atoms with Crippen LogP contribution in [0, 0.1) is 0 Å². The molecule has 0 fully saturated rings. The number of anilines is 1. The molecule has 11 heteroatoms. The zero-order chi connectivity index (χ0) is 22.7. The number of nitrogens with one attached hydrogen (secondary N) is 1. The Morgan fingerprint density at radius 2 is 1.75 bits per heavy atom. The lowest BCUT2D eigenvalue weighted by Gasteiger charge is -2.08. The van der Waals surface area contributed by atoms with Gasteiger partial charge in [0.2, 0.25) is 0 Å². The second-order valence-electron chi connectivity index (χ2n) is 6.69. The van der Waals surface area contributed by atoms with Crippen molar-refractivity contribution >= 4 is 62.5 Å². The van der Waals surface area contributed by atoms with Crippen LogP contribution in [0.2, 0.25) is 15.1 Å². The van der Waals surface area contributed by atoms with Crippen LogP contribution in [-0.2, 0) is 13.3 Å². The number of nitrogens with zero attached hydrogens (tertiary/aromatic N) is 4. The molecule has 2 aromatic heterocycles. The normalized spacial score (nSPS) is 10.9. The Morgan fingerprint density at radius 1 is 1.00 bits per heavy atom. The van der Waals surface area contributed by atoms with Crippen LogP contribution in [0.3, 0.4) is 0 Å². The summed E-state index contributed by atoms with van der Waals surface area (Å²) in [5, 5.41) is 13.0. The SMILES string of the molecule is O=C(Nc1nn(Cc2ccc(Cl)cc2)cc1Br)c1ccn(COc2ccc(Cl)cc2Cl)n1. The van der Waals surface area contributed by atoms with Crippen molar-refractivity contribution in [1.29, 1.82) is 0 Å². The maximum atomic E-state index is 12.6. The fourth-order valence-corrected chi connectivity index (χ4v) is 3.80. The summed E-state index contributed by atoms with van der Waals surface area (Å²) in [5.74, 6) is 0.459. The maximum Gasteiger partial charge on any atom is 0.277 e. The molecule has 0 unspecified atom stereocenters. The molecule has 0 saturated carbocycles. The number of halogens is 4. The second kappa shape index (κ2) is 9.95. The first kappa shape index (κ1) is 22.7. The van der Waals surface area contributed by atoms with Gasteiger partial charge in [0.15, 0.2) is 18.2 Å². The molecular formula is C21H15BrCl3N5O2. The van der Waals surface area contributed by atoms with E-state index < -0.39 is 5.91 Å². The summed E-state index contributed by atoms with van der Waals surface area (Å²) in [6, 6.07) is 14.0. The molecule has 0 aliphatic rings. The molecule has 1 amide bonds. The minimum absolute atomic E-state index is 0.0774. The highest BCUT2D eigenvalue weighted by atomic mass is 79.9. The Hall–Kier alpha value is -2.52. The van der Waals surface area contributed by atoms with Crippen LogP contribution < -0.4 is 10.1 Å². The molecule has 0 bridgehead atoms. The van der Waals surface area contributed by atoms with Crippen LogP contribution in [0.1, 0.15) is 16.1 Å². The van der Waals surface area contributed by atoms with Gasteiger partial charge in [0.05, 0.1) is 16.0 Å². The summed E-state index contributed by atoms with van der Waals surface area (Å²) < 4.78 is 9.47. The van der Waals surface area contributed by atoms with Gasteiger partial charge in [-0.05, 0) is 57.9 Å². The second-order valence-corrected chi connectivity index (χ2v) is 8.83. The van der Waals surface area contributed by atoms with Gasteiger partial charge in [-0.25, -0.2) is 4.68 Å². The summed E-state index contributed by atoms with van der Waals surface area (Å²) in [7, 11) is 0. The van der Waals surface area contributed by atoms with E-state index >= 15 is 0 Å². The van der Waals surface area contributed by atoms with Crippen LogP contribution in [0.25, 0.3) is 0 Å². The smallest absolute Gasteiger partial charge is 0.277 e. The van der Waals surface area contributed by atoms with Crippen molar-refractivity contribution < 1.29 is 9.53 Å². The fraction of sp³-hybridized carbons (Fsp3) is 0.0952. The third-order valence-electron chi connectivity index (χ3n) is 4.33. The zero-order valence-electron chi connectivity index (χ0n) is 16.3. The number of rotatable bonds is 7. The third-order valence-corrected chi connectivity index (χ3v) is 5.69. The lowest BCUT2D eigenvalue weighted by Crippen LogP contribution is -2.15. The highest BCUT2D eigenvalue weighted by molar-refractivity contribution is 9.10. The molecular weight excluding hydrogens is 541 g/mol. The Kier molecular flexibility index (Phi) is 7.05. The predicted molar refractivity (Wildman–Crippen MR) is 128 cm³/mol. The van der Waals surface area contributed by atoms with Crippen LogP contribution in [0.5, 0.6) is 5.75 Å². The summed E-state index contributed by atoms with van der Waals surface area (Å²) >= 11 is 21.3. The van der Waals surface area contributed by atoms with E-state index in [2.05, 4.69) is 31.4 Å². The summed E-state index contributed by atoms with van der Waals surface area (Å²) in [6.07, 6.45) is 3.42. The molecule has 0 saturated heterocycles. The van der Waals surface area contributed by atoms with Gasteiger partial charge in [-0.3, -0.25) is 9.48 Å². The summed E-state index contributed by atoms with van der Waals surface area (Å²) in [6.45, 7) is 0.610. The van der Waals surface area contributed by atoms with E-state index in [1.54, 1.807) is 41.3 Å². The van der Waals surface area contributed by atoms with Gasteiger partial charge in [0, 0.05) is 22.4 Å². The average molecular weight is 556 g/mol. The molecule has 164 valence electrons. The molecule has 2 aromatic carbocycles. The topological polar surface area (TPSA) is 74.0 Å². The molecule has 7 nitrogen and oxygen atoms in total. The first-order chi connectivity index (χ1) is 15.4. The minimum atomic E-state index is -0.397. The van der Waals surface area contributed by atoms with Crippen LogP contribution >= 0.6 is 50.7 Å². The Morgan fingerprint density at radius 3 is 2.50 bits per heavy atom. The van der Waals surface area contributed by atoms with Crippen molar-refractivity contribution in [2.45, 2.75) is 13.3 Å². The lowest BCUT2D eigenvalue weighted by atomic mass is 10.2. The molecule has 0 aliphatic carbocycles. The van der Waals surface area contributed by atoms with Gasteiger partial charge in [0.1, 0.15) is 5.75 Å². The molecule has 0 atom stereocenters. The number of hydrogen-bond donors (Lipinski definition) is 1. The number of amides is 1. The van der Waals surface area contributed by atoms with Gasteiger partial charge >= 0.3 is 0 Å². The van der Waals surface area contributed by atoms with Crippen molar-refractivity contribution in [3.05, 3.63) is 91.7 Å².